The average molecular weight is 420 g/mol. The number of nitrogens with zero attached hydrogens (tertiary/aromatic N) is 5. The van der Waals surface area contributed by atoms with E-state index in [1.807, 2.05) is 23.0 Å². The summed E-state index contributed by atoms with van der Waals surface area (Å²) in [5.74, 6) is 0.300. The van der Waals surface area contributed by atoms with Crippen LogP contribution in [0, 0.1) is 17.7 Å². The van der Waals surface area contributed by atoms with E-state index in [0.29, 0.717) is 18.5 Å². The van der Waals surface area contributed by atoms with Gasteiger partial charge in [0.05, 0.1) is 18.7 Å². The highest BCUT2D eigenvalue weighted by atomic mass is 19.1. The van der Waals surface area contributed by atoms with Crippen molar-refractivity contribution in [3.63, 3.8) is 0 Å². The molecule has 3 aromatic rings. The molecular formula is C23H25FN6O. The van der Waals surface area contributed by atoms with E-state index in [1.54, 1.807) is 24.5 Å². The number of aromatic nitrogens is 4. The highest BCUT2D eigenvalue weighted by molar-refractivity contribution is 5.79. The predicted octanol–water partition coefficient (Wildman–Crippen LogP) is 2.51. The van der Waals surface area contributed by atoms with Crippen molar-refractivity contribution < 1.29 is 9.18 Å². The Morgan fingerprint density at radius 1 is 1.23 bits per heavy atom. The van der Waals surface area contributed by atoms with E-state index in [-0.39, 0.29) is 17.6 Å². The molecule has 3 saturated heterocycles. The van der Waals surface area contributed by atoms with Crippen molar-refractivity contribution in [1.82, 2.24) is 30.2 Å². The van der Waals surface area contributed by atoms with Gasteiger partial charge in [0.15, 0.2) is 0 Å². The fourth-order valence-electron chi connectivity index (χ4n) is 4.80. The Hall–Kier alpha value is -3.13. The second-order valence-electron chi connectivity index (χ2n) is 8.45. The largest absolute Gasteiger partial charge is 0.352 e. The lowest BCUT2D eigenvalue weighted by molar-refractivity contribution is -0.133. The van der Waals surface area contributed by atoms with Crippen LogP contribution in [-0.4, -0.2) is 49.9 Å². The zero-order valence-corrected chi connectivity index (χ0v) is 17.2. The molecule has 0 spiro atoms. The lowest BCUT2D eigenvalue weighted by atomic mass is 9.75. The van der Waals surface area contributed by atoms with Crippen molar-refractivity contribution >= 4 is 5.91 Å². The van der Waals surface area contributed by atoms with Gasteiger partial charge < -0.3 is 5.32 Å². The van der Waals surface area contributed by atoms with E-state index in [2.05, 4.69) is 25.5 Å². The molecule has 0 aliphatic carbocycles. The van der Waals surface area contributed by atoms with Crippen molar-refractivity contribution in [3.05, 3.63) is 66.4 Å². The Balaban J connectivity index is 1.18. The van der Waals surface area contributed by atoms with Gasteiger partial charge in [-0.25, -0.2) is 4.39 Å². The fourth-order valence-corrected chi connectivity index (χ4v) is 4.80. The monoisotopic (exact) mass is 420 g/mol. The molecule has 5 heterocycles. The summed E-state index contributed by atoms with van der Waals surface area (Å²) in [6.07, 6.45) is 7.47. The Bertz CT molecular complexity index is 1040. The molecule has 2 bridgehead atoms. The summed E-state index contributed by atoms with van der Waals surface area (Å²) in [5, 5.41) is 11.6. The number of piperidine rings is 3. The molecule has 2 aromatic heterocycles. The number of amides is 1. The van der Waals surface area contributed by atoms with Gasteiger partial charge in [-0.2, -0.15) is 0 Å². The molecule has 160 valence electrons. The van der Waals surface area contributed by atoms with E-state index in [0.717, 1.165) is 49.3 Å². The Kier molecular flexibility index (Phi) is 5.46. The van der Waals surface area contributed by atoms with Crippen molar-refractivity contribution in [1.29, 1.82) is 0 Å². The number of carbonyl (C=O) groups is 1. The minimum atomic E-state index is -0.263. The fraction of sp³-hybridized carbons (Fsp3) is 0.391. The predicted molar refractivity (Wildman–Crippen MR) is 113 cm³/mol. The summed E-state index contributed by atoms with van der Waals surface area (Å²) in [4.78, 5) is 19.3. The quantitative estimate of drug-likeness (QED) is 0.663. The molecule has 0 saturated carbocycles. The number of pyridine rings is 1. The molecule has 3 fully saturated rings. The molecule has 6 rings (SSSR count). The maximum absolute atomic E-state index is 13.1. The lowest BCUT2D eigenvalue weighted by Gasteiger charge is -2.49. The van der Waals surface area contributed by atoms with Crippen molar-refractivity contribution in [2.24, 2.45) is 11.8 Å². The summed E-state index contributed by atoms with van der Waals surface area (Å²) in [7, 11) is 0. The van der Waals surface area contributed by atoms with Crippen LogP contribution in [0.25, 0.3) is 11.3 Å². The van der Waals surface area contributed by atoms with Gasteiger partial charge in [-0.1, -0.05) is 11.3 Å². The van der Waals surface area contributed by atoms with Crippen molar-refractivity contribution in [2.45, 2.75) is 32.0 Å². The van der Waals surface area contributed by atoms with Gasteiger partial charge in [-0.15, -0.1) is 5.10 Å². The number of rotatable bonds is 6. The third-order valence-electron chi connectivity index (χ3n) is 6.48. The Morgan fingerprint density at radius 3 is 2.84 bits per heavy atom. The van der Waals surface area contributed by atoms with Crippen LogP contribution >= 0.6 is 0 Å². The summed E-state index contributed by atoms with van der Waals surface area (Å²) in [5.41, 5.74) is 2.60. The van der Waals surface area contributed by atoms with E-state index >= 15 is 0 Å². The van der Waals surface area contributed by atoms with E-state index in [1.165, 1.54) is 12.1 Å². The molecule has 31 heavy (non-hydrogen) atoms. The standard InChI is InChI=1S/C23H25FN6O/c24-19-5-3-17(4-6-19)22-15-30(28-27-22)13-20-10-18-7-9-29(20)14-21(18)23(31)26-12-16-2-1-8-25-11-16/h1-6,8,11,15,18,20-21H,7,9-10,12-14H2,(H,26,31)/t18-,20-,21-/m1/s1. The maximum atomic E-state index is 13.1. The minimum absolute atomic E-state index is 0.0344. The SMILES string of the molecule is O=C(NCc1cccnc1)[C@@H]1CN2CC[C@@H]1C[C@@H]2Cn1cc(-c2ccc(F)cc2)nn1. The summed E-state index contributed by atoms with van der Waals surface area (Å²) >= 11 is 0. The molecule has 1 amide bonds. The summed E-state index contributed by atoms with van der Waals surface area (Å²) in [6.45, 7) is 3.06. The molecule has 1 aromatic carbocycles. The van der Waals surface area contributed by atoms with E-state index in [9.17, 15) is 9.18 Å². The maximum Gasteiger partial charge on any atom is 0.224 e. The van der Waals surface area contributed by atoms with Gasteiger partial charge in [0.1, 0.15) is 11.5 Å². The van der Waals surface area contributed by atoms with Crippen LogP contribution in [-0.2, 0) is 17.9 Å². The number of hydrogen-bond acceptors (Lipinski definition) is 5. The van der Waals surface area contributed by atoms with Gasteiger partial charge in [-0.05, 0) is 61.2 Å². The Labute approximate surface area is 180 Å². The average Bonchev–Trinajstić information content (AvgIpc) is 3.27. The van der Waals surface area contributed by atoms with Crippen LogP contribution < -0.4 is 5.32 Å². The third-order valence-corrected chi connectivity index (χ3v) is 6.48. The molecule has 1 unspecified atom stereocenters. The molecule has 0 radical (unpaired) electrons. The number of benzene rings is 1. The summed E-state index contributed by atoms with van der Waals surface area (Å²) in [6, 6.07) is 10.5. The molecule has 4 atom stereocenters. The topological polar surface area (TPSA) is 75.9 Å². The normalized spacial score (nSPS) is 24.8. The van der Waals surface area contributed by atoms with Crippen molar-refractivity contribution in [3.8, 4) is 11.3 Å². The first kappa shape index (κ1) is 19.8. The van der Waals surface area contributed by atoms with Gasteiger partial charge >= 0.3 is 0 Å². The molecule has 3 aliphatic rings. The van der Waals surface area contributed by atoms with Crippen molar-refractivity contribution in [2.75, 3.05) is 13.1 Å². The number of carbonyl (C=O) groups excluding carboxylic acids is 1. The lowest BCUT2D eigenvalue weighted by Crippen LogP contribution is -2.58. The van der Waals surface area contributed by atoms with Crippen LogP contribution in [0.4, 0.5) is 4.39 Å². The smallest absolute Gasteiger partial charge is 0.224 e. The third kappa shape index (κ3) is 4.34. The van der Waals surface area contributed by atoms with Crippen LogP contribution in [0.2, 0.25) is 0 Å². The van der Waals surface area contributed by atoms with Gasteiger partial charge in [0.2, 0.25) is 5.91 Å². The number of nitrogens with one attached hydrogen (secondary N) is 1. The Morgan fingerprint density at radius 2 is 2.10 bits per heavy atom. The van der Waals surface area contributed by atoms with Gasteiger partial charge in [0.25, 0.3) is 0 Å². The molecular weight excluding hydrogens is 395 g/mol. The zero-order chi connectivity index (χ0) is 21.2. The van der Waals surface area contributed by atoms with Crippen LogP contribution in [0.3, 0.4) is 0 Å². The minimum Gasteiger partial charge on any atom is -0.352 e. The van der Waals surface area contributed by atoms with Crippen LogP contribution in [0.1, 0.15) is 18.4 Å². The number of halogens is 1. The number of hydrogen-bond donors (Lipinski definition) is 1. The highest BCUT2D eigenvalue weighted by Gasteiger charge is 2.43. The first-order chi connectivity index (χ1) is 15.2. The highest BCUT2D eigenvalue weighted by Crippen LogP contribution is 2.37. The van der Waals surface area contributed by atoms with Crippen LogP contribution in [0.15, 0.2) is 55.0 Å². The first-order valence-corrected chi connectivity index (χ1v) is 10.7. The second kappa shape index (κ2) is 8.55. The van der Waals surface area contributed by atoms with E-state index in [4.69, 9.17) is 0 Å². The van der Waals surface area contributed by atoms with E-state index < -0.39 is 0 Å². The molecule has 8 heteroatoms. The molecule has 7 nitrogen and oxygen atoms in total. The zero-order valence-electron chi connectivity index (χ0n) is 17.2. The van der Waals surface area contributed by atoms with Gasteiger partial charge in [-0.3, -0.25) is 19.4 Å². The second-order valence-corrected chi connectivity index (χ2v) is 8.45. The summed E-state index contributed by atoms with van der Waals surface area (Å²) < 4.78 is 15.0. The first-order valence-electron chi connectivity index (χ1n) is 10.7. The molecule has 1 N–H and O–H groups in total. The van der Waals surface area contributed by atoms with Crippen LogP contribution in [0.5, 0.6) is 0 Å². The number of fused-ring (bicyclic) bond motifs is 3. The van der Waals surface area contributed by atoms with Gasteiger partial charge in [0, 0.05) is 37.1 Å². The molecule has 3 aliphatic heterocycles.